The summed E-state index contributed by atoms with van der Waals surface area (Å²) < 4.78 is 1.18. The van der Waals surface area contributed by atoms with Crippen LogP contribution in [0.4, 0.5) is 5.69 Å². The number of halogens is 1. The summed E-state index contributed by atoms with van der Waals surface area (Å²) in [5.41, 5.74) is 2.93. The summed E-state index contributed by atoms with van der Waals surface area (Å²) in [6.45, 7) is 1.57. The predicted molar refractivity (Wildman–Crippen MR) is 93.3 cm³/mol. The molecule has 1 amide bonds. The molecule has 4 aliphatic rings. The Morgan fingerprint density at radius 1 is 1.14 bits per heavy atom. The summed E-state index contributed by atoms with van der Waals surface area (Å²) in [5, 5.41) is 2.93. The fraction of sp³-hybridized carbons (Fsp3) is 0.611. The zero-order chi connectivity index (χ0) is 14.6. The van der Waals surface area contributed by atoms with E-state index in [2.05, 4.69) is 46.1 Å². The Balaban J connectivity index is 1.67. The van der Waals surface area contributed by atoms with Crippen molar-refractivity contribution in [3.8, 4) is 0 Å². The maximum absolute atomic E-state index is 11.3. The molecule has 5 rings (SSSR count). The molecule has 0 saturated heterocycles. The van der Waals surface area contributed by atoms with Crippen LogP contribution in [-0.4, -0.2) is 5.91 Å². The minimum Gasteiger partial charge on any atom is -0.325 e. The molecule has 4 fully saturated rings. The predicted octanol–water partition coefficient (Wildman–Crippen LogP) is 4.72. The van der Waals surface area contributed by atoms with Gasteiger partial charge >= 0.3 is 0 Å². The number of carbonyl (C=O) groups is 1. The molecule has 3 heteroatoms. The second-order valence-electron chi connectivity index (χ2n) is 7.57. The van der Waals surface area contributed by atoms with Gasteiger partial charge in [-0.05, 0) is 102 Å². The van der Waals surface area contributed by atoms with Gasteiger partial charge in [0.2, 0.25) is 5.91 Å². The van der Waals surface area contributed by atoms with Crippen LogP contribution in [0, 0.1) is 21.3 Å². The topological polar surface area (TPSA) is 29.1 Å². The van der Waals surface area contributed by atoms with E-state index in [0.29, 0.717) is 5.41 Å². The molecule has 1 aromatic rings. The molecular weight excluding hydrogens is 373 g/mol. The monoisotopic (exact) mass is 395 g/mol. The van der Waals surface area contributed by atoms with E-state index >= 15 is 0 Å². The standard InChI is InChI=1S/C18H22INO/c1-11(21)20-17-3-2-15(7-16(17)19)18-8-12-4-13(9-18)6-14(5-12)10-18/h2-3,7,12-14H,4-6,8-10H2,1H3,(H,20,21). The van der Waals surface area contributed by atoms with Crippen molar-refractivity contribution in [1.82, 2.24) is 0 Å². The van der Waals surface area contributed by atoms with Gasteiger partial charge in [-0.2, -0.15) is 0 Å². The Bertz CT molecular complexity index is 560. The molecule has 0 unspecified atom stereocenters. The zero-order valence-corrected chi connectivity index (χ0v) is 14.7. The van der Waals surface area contributed by atoms with Crippen molar-refractivity contribution in [3.63, 3.8) is 0 Å². The van der Waals surface area contributed by atoms with E-state index in [1.54, 1.807) is 6.92 Å². The molecule has 1 N–H and O–H groups in total. The summed E-state index contributed by atoms with van der Waals surface area (Å²) in [4.78, 5) is 11.3. The average molecular weight is 395 g/mol. The van der Waals surface area contributed by atoms with Crippen LogP contribution in [0.3, 0.4) is 0 Å². The highest BCUT2D eigenvalue weighted by Gasteiger charge is 2.51. The molecule has 0 aliphatic heterocycles. The van der Waals surface area contributed by atoms with Crippen molar-refractivity contribution in [2.45, 2.75) is 50.9 Å². The first kappa shape index (κ1) is 14.0. The summed E-state index contributed by atoms with van der Waals surface area (Å²) >= 11 is 2.36. The van der Waals surface area contributed by atoms with Crippen LogP contribution in [-0.2, 0) is 10.2 Å². The first-order valence-electron chi connectivity index (χ1n) is 8.12. The highest BCUT2D eigenvalue weighted by Crippen LogP contribution is 2.60. The van der Waals surface area contributed by atoms with E-state index < -0.39 is 0 Å². The number of hydrogen-bond acceptors (Lipinski definition) is 1. The zero-order valence-electron chi connectivity index (χ0n) is 12.5. The molecule has 0 atom stereocenters. The molecule has 0 aromatic heterocycles. The Morgan fingerprint density at radius 3 is 2.19 bits per heavy atom. The maximum atomic E-state index is 11.3. The van der Waals surface area contributed by atoms with Crippen LogP contribution in [0.5, 0.6) is 0 Å². The molecular formula is C18H22INO. The number of carbonyl (C=O) groups excluding carboxylic acids is 1. The minimum atomic E-state index is 0.00969. The highest BCUT2D eigenvalue weighted by molar-refractivity contribution is 14.1. The van der Waals surface area contributed by atoms with Gasteiger partial charge in [-0.25, -0.2) is 0 Å². The molecule has 0 spiro atoms. The highest BCUT2D eigenvalue weighted by atomic mass is 127. The fourth-order valence-corrected chi connectivity index (χ4v) is 6.25. The summed E-state index contributed by atoms with van der Waals surface area (Å²) in [7, 11) is 0. The van der Waals surface area contributed by atoms with Crippen molar-refractivity contribution in [2.24, 2.45) is 17.8 Å². The quantitative estimate of drug-likeness (QED) is 0.722. The van der Waals surface area contributed by atoms with E-state index in [1.165, 1.54) is 47.7 Å². The smallest absolute Gasteiger partial charge is 0.221 e. The number of anilines is 1. The van der Waals surface area contributed by atoms with Crippen LogP contribution in [0.1, 0.15) is 51.0 Å². The minimum absolute atomic E-state index is 0.00969. The van der Waals surface area contributed by atoms with Crippen molar-refractivity contribution < 1.29 is 4.79 Å². The number of rotatable bonds is 2. The summed E-state index contributed by atoms with van der Waals surface area (Å²) in [6.07, 6.45) is 8.65. The van der Waals surface area contributed by atoms with E-state index in [9.17, 15) is 4.79 Å². The van der Waals surface area contributed by atoms with Crippen molar-refractivity contribution >= 4 is 34.2 Å². The van der Waals surface area contributed by atoms with Gasteiger partial charge in [0.15, 0.2) is 0 Å². The third kappa shape index (κ3) is 2.41. The molecule has 4 bridgehead atoms. The van der Waals surface area contributed by atoms with Gasteiger partial charge in [0.25, 0.3) is 0 Å². The number of benzene rings is 1. The van der Waals surface area contributed by atoms with Crippen LogP contribution in [0.15, 0.2) is 18.2 Å². The van der Waals surface area contributed by atoms with Gasteiger partial charge in [-0.15, -0.1) is 0 Å². The third-order valence-electron chi connectivity index (χ3n) is 5.93. The first-order valence-corrected chi connectivity index (χ1v) is 9.19. The van der Waals surface area contributed by atoms with E-state index in [1.807, 2.05) is 0 Å². The third-order valence-corrected chi connectivity index (χ3v) is 6.82. The second kappa shape index (κ2) is 4.97. The lowest BCUT2D eigenvalue weighted by Gasteiger charge is -2.57. The molecule has 0 heterocycles. The molecule has 2 nitrogen and oxygen atoms in total. The molecule has 4 saturated carbocycles. The number of hydrogen-bond donors (Lipinski definition) is 1. The number of amides is 1. The Morgan fingerprint density at radius 2 is 1.71 bits per heavy atom. The largest absolute Gasteiger partial charge is 0.325 e. The van der Waals surface area contributed by atoms with Crippen LogP contribution < -0.4 is 5.32 Å². The SMILES string of the molecule is CC(=O)Nc1ccc(C23CC4CC(CC(C4)C2)C3)cc1I. The van der Waals surface area contributed by atoms with Gasteiger partial charge < -0.3 is 5.32 Å². The fourth-order valence-electron chi connectivity index (χ4n) is 5.60. The second-order valence-corrected chi connectivity index (χ2v) is 8.74. The normalized spacial score (nSPS) is 36.8. The summed E-state index contributed by atoms with van der Waals surface area (Å²) in [6, 6.07) is 6.72. The molecule has 112 valence electrons. The van der Waals surface area contributed by atoms with Gasteiger partial charge in [0, 0.05) is 10.5 Å². The lowest BCUT2D eigenvalue weighted by molar-refractivity contribution is -0.114. The van der Waals surface area contributed by atoms with E-state index in [0.717, 1.165) is 23.4 Å². The first-order chi connectivity index (χ1) is 10.0. The van der Waals surface area contributed by atoms with Gasteiger partial charge in [0.05, 0.1) is 5.69 Å². The summed E-state index contributed by atoms with van der Waals surface area (Å²) in [5.74, 6) is 2.94. The van der Waals surface area contributed by atoms with Gasteiger partial charge in [-0.3, -0.25) is 4.79 Å². The van der Waals surface area contributed by atoms with Crippen molar-refractivity contribution in [1.29, 1.82) is 0 Å². The van der Waals surface area contributed by atoms with Crippen LogP contribution in [0.25, 0.3) is 0 Å². The number of nitrogens with one attached hydrogen (secondary N) is 1. The molecule has 21 heavy (non-hydrogen) atoms. The van der Waals surface area contributed by atoms with E-state index in [4.69, 9.17) is 0 Å². The lowest BCUT2D eigenvalue weighted by atomic mass is 9.48. The van der Waals surface area contributed by atoms with E-state index in [-0.39, 0.29) is 5.91 Å². The van der Waals surface area contributed by atoms with Gasteiger partial charge in [-0.1, -0.05) is 6.07 Å². The van der Waals surface area contributed by atoms with Crippen molar-refractivity contribution in [2.75, 3.05) is 5.32 Å². The maximum Gasteiger partial charge on any atom is 0.221 e. The lowest BCUT2D eigenvalue weighted by Crippen LogP contribution is -2.48. The Hall–Kier alpha value is -0.580. The Labute approximate surface area is 140 Å². The van der Waals surface area contributed by atoms with Crippen LogP contribution in [0.2, 0.25) is 0 Å². The molecule has 4 aliphatic carbocycles. The van der Waals surface area contributed by atoms with Gasteiger partial charge in [0.1, 0.15) is 0 Å². The van der Waals surface area contributed by atoms with Crippen LogP contribution >= 0.6 is 22.6 Å². The van der Waals surface area contributed by atoms with Crippen molar-refractivity contribution in [3.05, 3.63) is 27.3 Å². The average Bonchev–Trinajstić information content (AvgIpc) is 2.39. The Kier molecular flexibility index (Phi) is 3.32. The molecule has 1 aromatic carbocycles. The molecule has 0 radical (unpaired) electrons.